The predicted molar refractivity (Wildman–Crippen MR) is 69.0 cm³/mol. The number of hydrogen-bond acceptors (Lipinski definition) is 5. The van der Waals surface area contributed by atoms with Crippen molar-refractivity contribution in [2.24, 2.45) is 10.7 Å². The normalized spacial score (nSPS) is 10.9. The summed E-state index contributed by atoms with van der Waals surface area (Å²) >= 11 is 0. The largest absolute Gasteiger partial charge is 0.504 e. The van der Waals surface area contributed by atoms with Gasteiger partial charge in [-0.3, -0.25) is 4.99 Å². The second kappa shape index (κ2) is 7.65. The van der Waals surface area contributed by atoms with E-state index >= 15 is 0 Å². The molecule has 0 bridgehead atoms. The van der Waals surface area contributed by atoms with Crippen molar-refractivity contribution < 1.29 is 9.84 Å². The SMILES string of the molecule is COc1cc(C=NCCNCCN)ccc1O. The lowest BCUT2D eigenvalue weighted by Gasteiger charge is -2.03. The van der Waals surface area contributed by atoms with Gasteiger partial charge in [-0.2, -0.15) is 0 Å². The number of phenols is 1. The van der Waals surface area contributed by atoms with Gasteiger partial charge in [0.2, 0.25) is 0 Å². The fourth-order valence-electron chi connectivity index (χ4n) is 1.32. The van der Waals surface area contributed by atoms with Crippen LogP contribution in [0.25, 0.3) is 0 Å². The Balaban J connectivity index is 2.42. The first kappa shape index (κ1) is 13.5. The van der Waals surface area contributed by atoms with E-state index < -0.39 is 0 Å². The van der Waals surface area contributed by atoms with Crippen molar-refractivity contribution in [2.75, 3.05) is 33.3 Å². The van der Waals surface area contributed by atoms with Gasteiger partial charge in [-0.25, -0.2) is 0 Å². The summed E-state index contributed by atoms with van der Waals surface area (Å²) in [6.07, 6.45) is 1.76. The second-order valence-electron chi connectivity index (χ2n) is 3.51. The minimum absolute atomic E-state index is 0.134. The summed E-state index contributed by atoms with van der Waals surface area (Å²) in [7, 11) is 1.52. The molecule has 0 aromatic heterocycles. The van der Waals surface area contributed by atoms with E-state index in [2.05, 4.69) is 10.3 Å². The molecule has 5 nitrogen and oxygen atoms in total. The van der Waals surface area contributed by atoms with Crippen LogP contribution in [0.4, 0.5) is 0 Å². The van der Waals surface area contributed by atoms with Crippen molar-refractivity contribution in [1.29, 1.82) is 0 Å². The number of nitrogens with zero attached hydrogens (tertiary/aromatic N) is 1. The van der Waals surface area contributed by atoms with E-state index in [-0.39, 0.29) is 5.75 Å². The van der Waals surface area contributed by atoms with E-state index in [9.17, 15) is 5.11 Å². The van der Waals surface area contributed by atoms with Crippen LogP contribution in [0, 0.1) is 0 Å². The molecule has 1 aromatic rings. The maximum absolute atomic E-state index is 9.41. The summed E-state index contributed by atoms with van der Waals surface area (Å²) in [4.78, 5) is 4.25. The molecule has 0 saturated heterocycles. The zero-order chi connectivity index (χ0) is 12.5. The van der Waals surface area contributed by atoms with Gasteiger partial charge in [-0.05, 0) is 23.8 Å². The Hall–Kier alpha value is -1.59. The molecular formula is C12H19N3O2. The van der Waals surface area contributed by atoms with Crippen LogP contribution in [-0.2, 0) is 0 Å². The van der Waals surface area contributed by atoms with Crippen molar-refractivity contribution >= 4 is 6.21 Å². The molecule has 0 fully saturated rings. The van der Waals surface area contributed by atoms with Gasteiger partial charge in [0.05, 0.1) is 13.7 Å². The first-order chi connectivity index (χ1) is 8.27. The number of benzene rings is 1. The van der Waals surface area contributed by atoms with Gasteiger partial charge >= 0.3 is 0 Å². The van der Waals surface area contributed by atoms with Crippen LogP contribution in [0.2, 0.25) is 0 Å². The minimum Gasteiger partial charge on any atom is -0.504 e. The van der Waals surface area contributed by atoms with Crippen LogP contribution in [0.3, 0.4) is 0 Å². The molecule has 94 valence electrons. The summed E-state index contributed by atoms with van der Waals surface area (Å²) in [5, 5.41) is 12.6. The third-order valence-corrected chi connectivity index (χ3v) is 2.18. The Labute approximate surface area is 101 Å². The summed E-state index contributed by atoms with van der Waals surface area (Å²) in [5.41, 5.74) is 6.24. The van der Waals surface area contributed by atoms with Gasteiger partial charge < -0.3 is 20.9 Å². The third kappa shape index (κ3) is 4.84. The first-order valence-corrected chi connectivity index (χ1v) is 5.55. The Kier molecular flexibility index (Phi) is 6.06. The standard InChI is InChI=1S/C12H19N3O2/c1-17-12-8-10(2-3-11(12)16)9-15-7-6-14-5-4-13/h2-3,8-9,14,16H,4-7,13H2,1H3. The Morgan fingerprint density at radius 3 is 3.00 bits per heavy atom. The Bertz CT molecular complexity index is 367. The second-order valence-corrected chi connectivity index (χ2v) is 3.51. The maximum atomic E-state index is 9.41. The number of nitrogens with two attached hydrogens (primary N) is 1. The number of ether oxygens (including phenoxy) is 1. The van der Waals surface area contributed by atoms with Crippen molar-refractivity contribution in [2.45, 2.75) is 0 Å². The Morgan fingerprint density at radius 1 is 1.47 bits per heavy atom. The molecule has 1 rings (SSSR count). The summed E-state index contributed by atoms with van der Waals surface area (Å²) in [6.45, 7) is 2.95. The lowest BCUT2D eigenvalue weighted by Crippen LogP contribution is -2.24. The molecule has 0 aliphatic carbocycles. The number of methoxy groups -OCH3 is 1. The van der Waals surface area contributed by atoms with Crippen molar-refractivity contribution in [3.63, 3.8) is 0 Å². The van der Waals surface area contributed by atoms with E-state index in [1.54, 1.807) is 24.4 Å². The molecule has 5 heteroatoms. The average molecular weight is 237 g/mol. The molecule has 0 unspecified atom stereocenters. The Morgan fingerprint density at radius 2 is 2.29 bits per heavy atom. The minimum atomic E-state index is 0.134. The van der Waals surface area contributed by atoms with E-state index in [0.717, 1.165) is 18.7 Å². The van der Waals surface area contributed by atoms with Gasteiger partial charge in [0, 0.05) is 25.8 Å². The van der Waals surface area contributed by atoms with Crippen LogP contribution in [0.15, 0.2) is 23.2 Å². The predicted octanol–water partition coefficient (Wildman–Crippen LogP) is 0.368. The van der Waals surface area contributed by atoms with Crippen LogP contribution >= 0.6 is 0 Å². The van der Waals surface area contributed by atoms with Crippen LogP contribution in [-0.4, -0.2) is 44.6 Å². The first-order valence-electron chi connectivity index (χ1n) is 5.55. The van der Waals surface area contributed by atoms with Gasteiger partial charge in [0.15, 0.2) is 11.5 Å². The molecule has 0 heterocycles. The van der Waals surface area contributed by atoms with E-state index in [1.165, 1.54) is 7.11 Å². The number of rotatable bonds is 7. The molecule has 4 N–H and O–H groups in total. The number of phenolic OH excluding ortho intramolecular Hbond substituents is 1. The number of aromatic hydroxyl groups is 1. The summed E-state index contributed by atoms with van der Waals surface area (Å²) in [6, 6.07) is 5.12. The molecule has 0 radical (unpaired) electrons. The highest BCUT2D eigenvalue weighted by atomic mass is 16.5. The van der Waals surface area contributed by atoms with Gasteiger partial charge in [0.1, 0.15) is 0 Å². The fourth-order valence-corrected chi connectivity index (χ4v) is 1.32. The van der Waals surface area contributed by atoms with Gasteiger partial charge in [-0.15, -0.1) is 0 Å². The molecule has 0 aliphatic rings. The molecular weight excluding hydrogens is 218 g/mol. The molecule has 17 heavy (non-hydrogen) atoms. The average Bonchev–Trinajstić information content (AvgIpc) is 2.35. The number of aliphatic imine (C=N–C) groups is 1. The maximum Gasteiger partial charge on any atom is 0.161 e. The summed E-state index contributed by atoms with van der Waals surface area (Å²) < 4.78 is 5.01. The van der Waals surface area contributed by atoms with Crippen LogP contribution in [0.1, 0.15) is 5.56 Å². The van der Waals surface area contributed by atoms with Gasteiger partial charge in [0.25, 0.3) is 0 Å². The smallest absolute Gasteiger partial charge is 0.161 e. The van der Waals surface area contributed by atoms with Crippen molar-refractivity contribution in [3.8, 4) is 11.5 Å². The number of hydrogen-bond donors (Lipinski definition) is 3. The molecule has 0 amide bonds. The van der Waals surface area contributed by atoms with E-state index in [0.29, 0.717) is 18.8 Å². The third-order valence-electron chi connectivity index (χ3n) is 2.18. The molecule has 1 aromatic carbocycles. The number of nitrogens with one attached hydrogen (secondary N) is 1. The molecule has 0 aliphatic heterocycles. The monoisotopic (exact) mass is 237 g/mol. The molecule has 0 saturated carbocycles. The van der Waals surface area contributed by atoms with Crippen molar-refractivity contribution in [3.05, 3.63) is 23.8 Å². The van der Waals surface area contributed by atoms with E-state index in [4.69, 9.17) is 10.5 Å². The lowest BCUT2D eigenvalue weighted by atomic mass is 10.2. The molecule has 0 spiro atoms. The fraction of sp³-hybridized carbons (Fsp3) is 0.417. The summed E-state index contributed by atoms with van der Waals surface area (Å²) in [5.74, 6) is 0.587. The van der Waals surface area contributed by atoms with Gasteiger partial charge in [-0.1, -0.05) is 0 Å². The topological polar surface area (TPSA) is 79.9 Å². The van der Waals surface area contributed by atoms with Crippen molar-refractivity contribution in [1.82, 2.24) is 5.32 Å². The lowest BCUT2D eigenvalue weighted by molar-refractivity contribution is 0.373. The quantitative estimate of drug-likeness (QED) is 0.473. The highest BCUT2D eigenvalue weighted by molar-refractivity contribution is 5.80. The van der Waals surface area contributed by atoms with E-state index in [1.807, 2.05) is 0 Å². The van der Waals surface area contributed by atoms with Crippen LogP contribution < -0.4 is 15.8 Å². The zero-order valence-corrected chi connectivity index (χ0v) is 10.0. The highest BCUT2D eigenvalue weighted by Crippen LogP contribution is 2.25. The molecule has 0 atom stereocenters. The highest BCUT2D eigenvalue weighted by Gasteiger charge is 2.00. The van der Waals surface area contributed by atoms with Crippen LogP contribution in [0.5, 0.6) is 11.5 Å². The zero-order valence-electron chi connectivity index (χ0n) is 10.0.